The normalized spacial score (nSPS) is 10.7. The van der Waals surface area contributed by atoms with Gasteiger partial charge in [-0.15, -0.1) is 10.2 Å². The molecule has 0 aliphatic rings. The Morgan fingerprint density at radius 2 is 2.11 bits per heavy atom. The van der Waals surface area contributed by atoms with Crippen LogP contribution < -0.4 is 15.9 Å². The van der Waals surface area contributed by atoms with E-state index in [1.807, 2.05) is 31.2 Å². The zero-order chi connectivity index (χ0) is 20.1. The molecule has 3 rings (SSSR count). The van der Waals surface area contributed by atoms with Crippen LogP contribution in [0.15, 0.2) is 47.6 Å². The van der Waals surface area contributed by atoms with Crippen LogP contribution in [0.2, 0.25) is 0 Å². The number of halogens is 1. The molecule has 1 aromatic heterocycles. The maximum absolute atomic E-state index is 13.6. The highest BCUT2D eigenvalue weighted by atomic mass is 32.2. The highest BCUT2D eigenvalue weighted by molar-refractivity contribution is 7.99. The lowest BCUT2D eigenvalue weighted by molar-refractivity contribution is -0.113. The highest BCUT2D eigenvalue weighted by Gasteiger charge is 2.14. The Labute approximate surface area is 166 Å². The van der Waals surface area contributed by atoms with Crippen LogP contribution >= 0.6 is 11.8 Å². The molecule has 0 bridgehead atoms. The van der Waals surface area contributed by atoms with Gasteiger partial charge in [-0.05, 0) is 43.7 Å². The first-order valence-corrected chi connectivity index (χ1v) is 9.59. The predicted octanol–water partition coefficient (Wildman–Crippen LogP) is 3.24. The molecule has 0 saturated carbocycles. The van der Waals surface area contributed by atoms with Gasteiger partial charge in [-0.2, -0.15) is 0 Å². The summed E-state index contributed by atoms with van der Waals surface area (Å²) in [6.07, 6.45) is 0. The summed E-state index contributed by atoms with van der Waals surface area (Å²) in [7, 11) is 0. The maximum Gasteiger partial charge on any atom is 0.234 e. The van der Waals surface area contributed by atoms with E-state index in [9.17, 15) is 9.18 Å². The van der Waals surface area contributed by atoms with E-state index in [1.54, 1.807) is 19.1 Å². The minimum absolute atomic E-state index is 0.0593. The summed E-state index contributed by atoms with van der Waals surface area (Å²) in [6.45, 7) is 4.12. The Morgan fingerprint density at radius 1 is 1.29 bits per heavy atom. The fourth-order valence-corrected chi connectivity index (χ4v) is 3.12. The molecule has 2 aromatic carbocycles. The van der Waals surface area contributed by atoms with Crippen LogP contribution in [0.3, 0.4) is 0 Å². The number of benzene rings is 2. The van der Waals surface area contributed by atoms with Crippen molar-refractivity contribution >= 4 is 23.4 Å². The van der Waals surface area contributed by atoms with Crippen molar-refractivity contribution in [2.75, 3.05) is 23.5 Å². The third-order valence-corrected chi connectivity index (χ3v) is 4.80. The van der Waals surface area contributed by atoms with Crippen LogP contribution in [-0.2, 0) is 4.79 Å². The largest absolute Gasteiger partial charge is 0.494 e. The molecule has 1 heterocycles. The van der Waals surface area contributed by atoms with Gasteiger partial charge in [-0.3, -0.25) is 4.79 Å². The summed E-state index contributed by atoms with van der Waals surface area (Å²) in [4.78, 5) is 12.1. The monoisotopic (exact) mass is 401 g/mol. The molecule has 0 atom stereocenters. The quantitative estimate of drug-likeness (QED) is 0.466. The van der Waals surface area contributed by atoms with Crippen molar-refractivity contribution in [1.29, 1.82) is 0 Å². The number of thioether (sulfide) groups is 1. The lowest BCUT2D eigenvalue weighted by Crippen LogP contribution is -2.16. The average Bonchev–Trinajstić information content (AvgIpc) is 3.04. The number of nitrogen functional groups attached to an aromatic ring is 1. The van der Waals surface area contributed by atoms with Gasteiger partial charge in [0.15, 0.2) is 5.82 Å². The van der Waals surface area contributed by atoms with Crippen molar-refractivity contribution in [1.82, 2.24) is 14.9 Å². The van der Waals surface area contributed by atoms with Crippen LogP contribution in [0.5, 0.6) is 5.75 Å². The second-order valence-electron chi connectivity index (χ2n) is 5.94. The number of aryl methyl sites for hydroxylation is 1. The molecule has 9 heteroatoms. The lowest BCUT2D eigenvalue weighted by atomic mass is 10.2. The molecule has 0 fully saturated rings. The first-order valence-electron chi connectivity index (χ1n) is 8.60. The predicted molar refractivity (Wildman–Crippen MR) is 107 cm³/mol. The van der Waals surface area contributed by atoms with Crippen LogP contribution in [-0.4, -0.2) is 33.1 Å². The number of aromatic nitrogens is 3. The molecule has 146 valence electrons. The number of carbonyl (C=O) groups is 1. The van der Waals surface area contributed by atoms with E-state index in [-0.39, 0.29) is 17.5 Å². The topological polar surface area (TPSA) is 95.1 Å². The number of nitrogens with one attached hydrogen (secondary N) is 1. The molecule has 0 radical (unpaired) electrons. The number of nitrogens with two attached hydrogens (primary N) is 1. The van der Waals surface area contributed by atoms with Gasteiger partial charge in [-0.1, -0.05) is 30.0 Å². The number of carbonyl (C=O) groups excluding carboxylic acids is 1. The fourth-order valence-electron chi connectivity index (χ4n) is 2.46. The third kappa shape index (κ3) is 4.61. The lowest BCUT2D eigenvalue weighted by Gasteiger charge is -2.07. The number of anilines is 1. The van der Waals surface area contributed by atoms with Crippen molar-refractivity contribution in [3.63, 3.8) is 0 Å². The summed E-state index contributed by atoms with van der Waals surface area (Å²) >= 11 is 1.14. The SMILES string of the molecule is CCOc1cccc(-c2nnc(SCC(=O)Nc3ccc(C)c(F)c3)n2N)c1. The van der Waals surface area contributed by atoms with E-state index in [2.05, 4.69) is 15.5 Å². The van der Waals surface area contributed by atoms with Gasteiger partial charge in [0.2, 0.25) is 11.1 Å². The Morgan fingerprint density at radius 3 is 2.86 bits per heavy atom. The second kappa shape index (κ2) is 8.75. The molecular weight excluding hydrogens is 381 g/mol. The highest BCUT2D eigenvalue weighted by Crippen LogP contribution is 2.25. The molecular formula is C19H20FN5O2S. The second-order valence-corrected chi connectivity index (χ2v) is 6.88. The van der Waals surface area contributed by atoms with Crippen molar-refractivity contribution in [3.05, 3.63) is 53.8 Å². The Kier molecular flexibility index (Phi) is 6.15. The summed E-state index contributed by atoms with van der Waals surface area (Å²) < 4.78 is 20.4. The zero-order valence-electron chi connectivity index (χ0n) is 15.5. The average molecular weight is 401 g/mol. The van der Waals surface area contributed by atoms with Gasteiger partial charge in [0.25, 0.3) is 0 Å². The van der Waals surface area contributed by atoms with Crippen molar-refractivity contribution in [2.45, 2.75) is 19.0 Å². The number of ether oxygens (including phenoxy) is 1. The molecule has 1 amide bonds. The first-order chi connectivity index (χ1) is 13.5. The summed E-state index contributed by atoms with van der Waals surface area (Å²) in [6, 6.07) is 11.9. The van der Waals surface area contributed by atoms with Gasteiger partial charge in [-0.25, -0.2) is 9.07 Å². The minimum Gasteiger partial charge on any atom is -0.494 e. The standard InChI is InChI=1S/C19H20FN5O2S/c1-3-27-15-6-4-5-13(9-15)18-23-24-19(25(18)21)28-11-17(26)22-14-8-7-12(2)16(20)10-14/h4-10H,3,11,21H2,1-2H3,(H,22,26). The molecule has 28 heavy (non-hydrogen) atoms. The van der Waals surface area contributed by atoms with E-state index in [0.29, 0.717) is 34.6 Å². The Bertz CT molecular complexity index is 992. The fraction of sp³-hybridized carbons (Fsp3) is 0.211. The van der Waals surface area contributed by atoms with Crippen molar-refractivity contribution < 1.29 is 13.9 Å². The number of hydrogen-bond acceptors (Lipinski definition) is 6. The van der Waals surface area contributed by atoms with E-state index >= 15 is 0 Å². The molecule has 0 spiro atoms. The smallest absolute Gasteiger partial charge is 0.234 e. The Balaban J connectivity index is 1.65. The van der Waals surface area contributed by atoms with E-state index < -0.39 is 0 Å². The Hall–Kier alpha value is -3.07. The number of amides is 1. The third-order valence-electron chi connectivity index (χ3n) is 3.86. The van der Waals surface area contributed by atoms with Crippen molar-refractivity contribution in [3.8, 4) is 17.1 Å². The number of hydrogen-bond donors (Lipinski definition) is 2. The van der Waals surface area contributed by atoms with Crippen molar-refractivity contribution in [2.24, 2.45) is 0 Å². The van der Waals surface area contributed by atoms with Gasteiger partial charge in [0.1, 0.15) is 11.6 Å². The minimum atomic E-state index is -0.369. The molecule has 0 saturated heterocycles. The summed E-state index contributed by atoms with van der Waals surface area (Å²) in [5.41, 5.74) is 1.67. The van der Waals surface area contributed by atoms with E-state index in [4.69, 9.17) is 10.6 Å². The summed E-state index contributed by atoms with van der Waals surface area (Å²) in [5.74, 6) is 6.65. The first kappa shape index (κ1) is 19.7. The van der Waals surface area contributed by atoms with Crippen LogP contribution in [0, 0.1) is 12.7 Å². The molecule has 0 unspecified atom stereocenters. The van der Waals surface area contributed by atoms with E-state index in [1.165, 1.54) is 10.7 Å². The zero-order valence-corrected chi connectivity index (χ0v) is 16.3. The van der Waals surface area contributed by atoms with Crippen LogP contribution in [0.1, 0.15) is 12.5 Å². The maximum atomic E-state index is 13.6. The molecule has 0 aliphatic heterocycles. The summed E-state index contributed by atoms with van der Waals surface area (Å²) in [5, 5.41) is 11.2. The van der Waals surface area contributed by atoms with Gasteiger partial charge >= 0.3 is 0 Å². The molecule has 7 nitrogen and oxygen atoms in total. The molecule has 0 aliphatic carbocycles. The van der Waals surface area contributed by atoms with E-state index in [0.717, 1.165) is 17.3 Å². The molecule has 3 aromatic rings. The van der Waals surface area contributed by atoms with Gasteiger partial charge in [0.05, 0.1) is 12.4 Å². The van der Waals surface area contributed by atoms with Crippen LogP contribution in [0.4, 0.5) is 10.1 Å². The van der Waals surface area contributed by atoms with Crippen LogP contribution in [0.25, 0.3) is 11.4 Å². The molecule has 3 N–H and O–H groups in total. The van der Waals surface area contributed by atoms with Gasteiger partial charge < -0.3 is 15.9 Å². The number of nitrogens with zero attached hydrogens (tertiary/aromatic N) is 3. The van der Waals surface area contributed by atoms with Gasteiger partial charge in [0, 0.05) is 11.3 Å². The number of rotatable bonds is 7.